The molecule has 2 aromatic rings. The molecule has 1 heterocycles. The number of para-hydroxylation sites is 3. The SMILES string of the molecule is COc1ccccc1/C=N/NC(=O)C1COc2ccccc2O1. The van der Waals surface area contributed by atoms with E-state index in [2.05, 4.69) is 10.5 Å². The van der Waals surface area contributed by atoms with Gasteiger partial charge in [-0.3, -0.25) is 4.79 Å². The summed E-state index contributed by atoms with van der Waals surface area (Å²) in [7, 11) is 1.58. The summed E-state index contributed by atoms with van der Waals surface area (Å²) in [4.78, 5) is 12.1. The van der Waals surface area contributed by atoms with Crippen molar-refractivity contribution in [1.29, 1.82) is 0 Å². The van der Waals surface area contributed by atoms with Gasteiger partial charge in [0, 0.05) is 5.56 Å². The number of benzene rings is 2. The van der Waals surface area contributed by atoms with Crippen molar-refractivity contribution < 1.29 is 19.0 Å². The Bertz CT molecular complexity index is 730. The first kappa shape index (κ1) is 14.9. The van der Waals surface area contributed by atoms with Crippen molar-refractivity contribution in [2.24, 2.45) is 5.10 Å². The third-order valence-corrected chi connectivity index (χ3v) is 3.32. The quantitative estimate of drug-likeness (QED) is 0.692. The zero-order chi connectivity index (χ0) is 16.1. The number of carbonyl (C=O) groups excluding carboxylic acids is 1. The third-order valence-electron chi connectivity index (χ3n) is 3.32. The van der Waals surface area contributed by atoms with Gasteiger partial charge in [0.1, 0.15) is 12.4 Å². The van der Waals surface area contributed by atoms with Crippen molar-refractivity contribution in [3.8, 4) is 17.2 Å². The second kappa shape index (κ2) is 6.83. The Morgan fingerprint density at radius 3 is 2.78 bits per heavy atom. The van der Waals surface area contributed by atoms with E-state index in [-0.39, 0.29) is 12.5 Å². The molecule has 0 bridgehead atoms. The van der Waals surface area contributed by atoms with Crippen LogP contribution in [0.3, 0.4) is 0 Å². The molecule has 6 nitrogen and oxygen atoms in total. The van der Waals surface area contributed by atoms with Crippen molar-refractivity contribution in [2.75, 3.05) is 13.7 Å². The summed E-state index contributed by atoms with van der Waals surface area (Å²) in [5.74, 6) is 1.49. The highest BCUT2D eigenvalue weighted by atomic mass is 16.6. The number of fused-ring (bicyclic) bond motifs is 1. The molecule has 0 aromatic heterocycles. The van der Waals surface area contributed by atoms with Crippen molar-refractivity contribution in [3.63, 3.8) is 0 Å². The Morgan fingerprint density at radius 2 is 1.96 bits per heavy atom. The Hall–Kier alpha value is -3.02. The minimum atomic E-state index is -0.736. The Kier molecular flexibility index (Phi) is 4.42. The maximum absolute atomic E-state index is 12.1. The van der Waals surface area contributed by atoms with Crippen LogP contribution in [0.1, 0.15) is 5.56 Å². The zero-order valence-electron chi connectivity index (χ0n) is 12.6. The highest BCUT2D eigenvalue weighted by Gasteiger charge is 2.26. The molecule has 0 saturated heterocycles. The van der Waals surface area contributed by atoms with Crippen molar-refractivity contribution >= 4 is 12.1 Å². The van der Waals surface area contributed by atoms with Gasteiger partial charge in [0.05, 0.1) is 13.3 Å². The molecule has 1 unspecified atom stereocenters. The minimum Gasteiger partial charge on any atom is -0.496 e. The standard InChI is InChI=1S/C17H16N2O4/c1-21-13-7-3-2-6-12(13)10-18-19-17(20)16-11-22-14-8-4-5-9-15(14)23-16/h2-10,16H,11H2,1H3,(H,19,20)/b18-10+. The lowest BCUT2D eigenvalue weighted by molar-refractivity contribution is -0.130. The van der Waals surface area contributed by atoms with E-state index in [0.717, 1.165) is 5.56 Å². The molecule has 1 aliphatic heterocycles. The average molecular weight is 312 g/mol. The number of nitrogens with one attached hydrogen (secondary N) is 1. The summed E-state index contributed by atoms with van der Waals surface area (Å²) >= 11 is 0. The Morgan fingerprint density at radius 1 is 1.22 bits per heavy atom. The van der Waals surface area contributed by atoms with Crippen LogP contribution in [-0.4, -0.2) is 31.9 Å². The fourth-order valence-electron chi connectivity index (χ4n) is 2.16. The molecule has 0 fully saturated rings. The van der Waals surface area contributed by atoms with Gasteiger partial charge in [-0.2, -0.15) is 5.10 Å². The fourth-order valence-corrected chi connectivity index (χ4v) is 2.16. The molecule has 2 aromatic carbocycles. The molecular formula is C17H16N2O4. The van der Waals surface area contributed by atoms with Crippen LogP contribution in [0.4, 0.5) is 0 Å². The normalized spacial score (nSPS) is 16.1. The van der Waals surface area contributed by atoms with Gasteiger partial charge in [-0.05, 0) is 24.3 Å². The summed E-state index contributed by atoms with van der Waals surface area (Å²) in [5, 5.41) is 3.94. The Labute approximate surface area is 133 Å². The highest BCUT2D eigenvalue weighted by molar-refractivity contribution is 5.86. The number of methoxy groups -OCH3 is 1. The third kappa shape index (κ3) is 3.42. The van der Waals surface area contributed by atoms with Gasteiger partial charge in [-0.25, -0.2) is 5.43 Å². The molecule has 0 aliphatic carbocycles. The van der Waals surface area contributed by atoms with Crippen molar-refractivity contribution in [1.82, 2.24) is 5.43 Å². The lowest BCUT2D eigenvalue weighted by atomic mass is 10.2. The van der Waals surface area contributed by atoms with Crippen LogP contribution >= 0.6 is 0 Å². The second-order valence-corrected chi connectivity index (χ2v) is 4.84. The van der Waals surface area contributed by atoms with Gasteiger partial charge in [0.15, 0.2) is 11.5 Å². The molecule has 0 radical (unpaired) electrons. The van der Waals surface area contributed by atoms with Crippen LogP contribution in [0.15, 0.2) is 53.6 Å². The molecule has 23 heavy (non-hydrogen) atoms. The predicted molar refractivity (Wildman–Crippen MR) is 85.1 cm³/mol. The van der Waals surface area contributed by atoms with Crippen LogP contribution in [0.5, 0.6) is 17.2 Å². The lowest BCUT2D eigenvalue weighted by Gasteiger charge is -2.24. The number of hydrogen-bond donors (Lipinski definition) is 1. The summed E-state index contributed by atoms with van der Waals surface area (Å²) in [5.41, 5.74) is 3.22. The van der Waals surface area contributed by atoms with Crippen molar-refractivity contribution in [3.05, 3.63) is 54.1 Å². The van der Waals surface area contributed by atoms with Gasteiger partial charge in [-0.15, -0.1) is 0 Å². The highest BCUT2D eigenvalue weighted by Crippen LogP contribution is 2.30. The maximum Gasteiger partial charge on any atom is 0.284 e. The largest absolute Gasteiger partial charge is 0.496 e. The van der Waals surface area contributed by atoms with Crippen LogP contribution in [0, 0.1) is 0 Å². The number of ether oxygens (including phenoxy) is 3. The van der Waals surface area contributed by atoms with Gasteiger partial charge in [-0.1, -0.05) is 24.3 Å². The number of hydrazone groups is 1. The summed E-state index contributed by atoms with van der Waals surface area (Å²) in [6.45, 7) is 0.146. The second-order valence-electron chi connectivity index (χ2n) is 4.84. The fraction of sp³-hybridized carbons (Fsp3) is 0.176. The van der Waals surface area contributed by atoms with Gasteiger partial charge in [0.2, 0.25) is 6.10 Å². The number of nitrogens with zero attached hydrogens (tertiary/aromatic N) is 1. The van der Waals surface area contributed by atoms with Gasteiger partial charge >= 0.3 is 0 Å². The first-order chi connectivity index (χ1) is 11.3. The molecule has 0 saturated carbocycles. The van der Waals surface area contributed by atoms with Crippen molar-refractivity contribution in [2.45, 2.75) is 6.10 Å². The van der Waals surface area contributed by atoms with Gasteiger partial charge in [0.25, 0.3) is 5.91 Å². The van der Waals surface area contributed by atoms with Crippen LogP contribution in [-0.2, 0) is 4.79 Å². The first-order valence-corrected chi connectivity index (χ1v) is 7.12. The van der Waals surface area contributed by atoms with Crippen LogP contribution < -0.4 is 19.6 Å². The van der Waals surface area contributed by atoms with E-state index >= 15 is 0 Å². The minimum absolute atomic E-state index is 0.146. The number of rotatable bonds is 4. The van der Waals surface area contributed by atoms with Crippen LogP contribution in [0.25, 0.3) is 0 Å². The molecule has 3 rings (SSSR count). The van der Waals surface area contributed by atoms with E-state index < -0.39 is 6.10 Å². The molecule has 1 aliphatic rings. The molecule has 1 N–H and O–H groups in total. The topological polar surface area (TPSA) is 69.2 Å². The molecule has 118 valence electrons. The van der Waals surface area contributed by atoms with E-state index in [1.165, 1.54) is 6.21 Å². The van der Waals surface area contributed by atoms with E-state index in [1.54, 1.807) is 19.2 Å². The monoisotopic (exact) mass is 312 g/mol. The summed E-state index contributed by atoms with van der Waals surface area (Å²) in [6.07, 6.45) is 0.786. The molecule has 1 atom stereocenters. The van der Waals surface area contributed by atoms with Gasteiger partial charge < -0.3 is 14.2 Å². The molecule has 1 amide bonds. The maximum atomic E-state index is 12.1. The smallest absolute Gasteiger partial charge is 0.284 e. The van der Waals surface area contributed by atoms with Crippen LogP contribution in [0.2, 0.25) is 0 Å². The first-order valence-electron chi connectivity index (χ1n) is 7.12. The lowest BCUT2D eigenvalue weighted by Crippen LogP contribution is -2.42. The van der Waals surface area contributed by atoms with E-state index in [0.29, 0.717) is 17.2 Å². The number of hydrogen-bond acceptors (Lipinski definition) is 5. The van der Waals surface area contributed by atoms with E-state index in [9.17, 15) is 4.79 Å². The average Bonchev–Trinajstić information content (AvgIpc) is 2.61. The number of amides is 1. The van der Waals surface area contributed by atoms with E-state index in [4.69, 9.17) is 14.2 Å². The molecular weight excluding hydrogens is 296 g/mol. The Balaban J connectivity index is 1.61. The van der Waals surface area contributed by atoms with E-state index in [1.807, 2.05) is 36.4 Å². The molecule has 6 heteroatoms. The number of carbonyl (C=O) groups is 1. The zero-order valence-corrected chi connectivity index (χ0v) is 12.6. The summed E-state index contributed by atoms with van der Waals surface area (Å²) < 4.78 is 16.3. The summed E-state index contributed by atoms with van der Waals surface area (Å²) in [6, 6.07) is 14.6. The molecule has 0 spiro atoms. The predicted octanol–water partition coefficient (Wildman–Crippen LogP) is 1.99.